The molecule has 2 fully saturated rings. The zero-order chi connectivity index (χ0) is 19.2. The number of nitrogens with zero attached hydrogens (tertiary/aromatic N) is 2. The van der Waals surface area contributed by atoms with Gasteiger partial charge in [0.05, 0.1) is 6.04 Å². The van der Waals surface area contributed by atoms with E-state index in [0.717, 1.165) is 64.0 Å². The van der Waals surface area contributed by atoms with Gasteiger partial charge in [-0.05, 0) is 44.7 Å². The van der Waals surface area contributed by atoms with Crippen molar-refractivity contribution in [2.45, 2.75) is 45.6 Å². The number of piperazine rings is 1. The maximum Gasteiger partial charge on any atom is 0.225 e. The molecule has 2 aliphatic rings. The van der Waals surface area contributed by atoms with Gasteiger partial charge in [0.1, 0.15) is 0 Å². The minimum Gasteiger partial charge on any atom is -0.349 e. The third kappa shape index (κ3) is 5.10. The molecule has 1 aliphatic carbocycles. The molecular formula is C22H33N3O2. The highest BCUT2D eigenvalue weighted by Gasteiger charge is 2.33. The SMILES string of the molecule is CCN1CCN(C(=O)C2CCC(C(=O)NC(C)c3ccccc3)CC2)CC1. The Balaban J connectivity index is 1.44. The molecule has 0 bridgehead atoms. The summed E-state index contributed by atoms with van der Waals surface area (Å²) in [5.74, 6) is 0.585. The lowest BCUT2D eigenvalue weighted by atomic mass is 9.80. The molecule has 5 heteroatoms. The van der Waals surface area contributed by atoms with Crippen LogP contribution in [0.3, 0.4) is 0 Å². The van der Waals surface area contributed by atoms with Crippen LogP contribution < -0.4 is 5.32 Å². The molecule has 1 atom stereocenters. The number of carbonyl (C=O) groups excluding carboxylic acids is 2. The highest BCUT2D eigenvalue weighted by molar-refractivity contribution is 5.81. The predicted molar refractivity (Wildman–Crippen MR) is 107 cm³/mol. The molecule has 27 heavy (non-hydrogen) atoms. The van der Waals surface area contributed by atoms with Gasteiger partial charge in [-0.3, -0.25) is 9.59 Å². The second kappa shape index (κ2) is 9.36. The first-order chi connectivity index (χ1) is 13.1. The van der Waals surface area contributed by atoms with Gasteiger partial charge >= 0.3 is 0 Å². The Morgan fingerprint density at radius 1 is 1.00 bits per heavy atom. The Morgan fingerprint density at radius 3 is 2.19 bits per heavy atom. The summed E-state index contributed by atoms with van der Waals surface area (Å²) < 4.78 is 0. The van der Waals surface area contributed by atoms with Gasteiger partial charge in [-0.25, -0.2) is 0 Å². The average molecular weight is 372 g/mol. The Morgan fingerprint density at radius 2 is 1.59 bits per heavy atom. The number of benzene rings is 1. The molecule has 1 aromatic carbocycles. The van der Waals surface area contributed by atoms with E-state index < -0.39 is 0 Å². The van der Waals surface area contributed by atoms with Gasteiger partial charge in [0.25, 0.3) is 0 Å². The van der Waals surface area contributed by atoms with Crippen LogP contribution in [0.25, 0.3) is 0 Å². The topological polar surface area (TPSA) is 52.7 Å². The van der Waals surface area contributed by atoms with E-state index in [1.165, 1.54) is 0 Å². The number of likely N-dealkylation sites (N-methyl/N-ethyl adjacent to an activating group) is 1. The van der Waals surface area contributed by atoms with E-state index in [1.807, 2.05) is 42.2 Å². The summed E-state index contributed by atoms with van der Waals surface area (Å²) in [6.45, 7) is 8.92. The molecule has 2 amide bonds. The largest absolute Gasteiger partial charge is 0.349 e. The molecule has 148 valence electrons. The quantitative estimate of drug-likeness (QED) is 0.866. The Labute approximate surface area is 163 Å². The third-order valence-corrected chi connectivity index (χ3v) is 6.24. The van der Waals surface area contributed by atoms with Crippen LogP contribution in [-0.4, -0.2) is 54.3 Å². The lowest BCUT2D eigenvalue weighted by Crippen LogP contribution is -2.50. The predicted octanol–water partition coefficient (Wildman–Crippen LogP) is 2.83. The van der Waals surface area contributed by atoms with Gasteiger partial charge in [0, 0.05) is 38.0 Å². The molecule has 1 aliphatic heterocycles. The van der Waals surface area contributed by atoms with Crippen molar-refractivity contribution < 1.29 is 9.59 Å². The number of rotatable bonds is 5. The molecule has 5 nitrogen and oxygen atoms in total. The summed E-state index contributed by atoms with van der Waals surface area (Å²) >= 11 is 0. The highest BCUT2D eigenvalue weighted by atomic mass is 16.2. The third-order valence-electron chi connectivity index (χ3n) is 6.24. The molecule has 1 saturated carbocycles. The van der Waals surface area contributed by atoms with Gasteiger partial charge in [0.15, 0.2) is 0 Å². The maximum atomic E-state index is 12.8. The van der Waals surface area contributed by atoms with E-state index in [1.54, 1.807) is 0 Å². The van der Waals surface area contributed by atoms with Crippen molar-refractivity contribution >= 4 is 11.8 Å². The van der Waals surface area contributed by atoms with Crippen molar-refractivity contribution in [2.24, 2.45) is 11.8 Å². The summed E-state index contributed by atoms with van der Waals surface area (Å²) in [5.41, 5.74) is 1.13. The van der Waals surface area contributed by atoms with E-state index >= 15 is 0 Å². The zero-order valence-corrected chi connectivity index (χ0v) is 16.7. The summed E-state index contributed by atoms with van der Waals surface area (Å²) in [5, 5.41) is 3.14. The lowest BCUT2D eigenvalue weighted by Gasteiger charge is -2.37. The first kappa shape index (κ1) is 19.9. The number of hydrogen-bond donors (Lipinski definition) is 1. The Hall–Kier alpha value is -1.88. The van der Waals surface area contributed by atoms with E-state index in [-0.39, 0.29) is 23.8 Å². The molecule has 0 spiro atoms. The molecule has 1 unspecified atom stereocenters. The molecule has 0 aromatic heterocycles. The fourth-order valence-electron chi connectivity index (χ4n) is 4.30. The van der Waals surface area contributed by atoms with E-state index in [9.17, 15) is 9.59 Å². The average Bonchev–Trinajstić information content (AvgIpc) is 2.74. The van der Waals surface area contributed by atoms with Gasteiger partial charge in [-0.1, -0.05) is 37.3 Å². The van der Waals surface area contributed by atoms with Gasteiger partial charge in [0.2, 0.25) is 11.8 Å². The number of amides is 2. The molecule has 0 radical (unpaired) electrons. The van der Waals surface area contributed by atoms with Crippen LogP contribution in [0.5, 0.6) is 0 Å². The Bertz CT molecular complexity index is 618. The summed E-state index contributed by atoms with van der Waals surface area (Å²) in [4.78, 5) is 29.8. The van der Waals surface area contributed by atoms with E-state index in [0.29, 0.717) is 5.91 Å². The standard InChI is InChI=1S/C22H33N3O2/c1-3-24-13-15-25(16-14-24)22(27)20-11-9-19(10-12-20)21(26)23-17(2)18-7-5-4-6-8-18/h4-8,17,19-20H,3,9-16H2,1-2H3,(H,23,26). The van der Waals surface area contributed by atoms with E-state index in [2.05, 4.69) is 17.1 Å². The number of hydrogen-bond acceptors (Lipinski definition) is 3. The van der Waals surface area contributed by atoms with Crippen LogP contribution >= 0.6 is 0 Å². The summed E-state index contributed by atoms with van der Waals surface area (Å²) in [6.07, 6.45) is 3.31. The number of carbonyl (C=O) groups is 2. The smallest absolute Gasteiger partial charge is 0.225 e. The van der Waals surface area contributed by atoms with Crippen molar-refractivity contribution in [1.29, 1.82) is 0 Å². The molecule has 1 N–H and O–H groups in total. The minimum absolute atomic E-state index is 0.0212. The van der Waals surface area contributed by atoms with Crippen molar-refractivity contribution in [1.82, 2.24) is 15.1 Å². The van der Waals surface area contributed by atoms with Crippen molar-refractivity contribution in [3.05, 3.63) is 35.9 Å². The number of nitrogens with one attached hydrogen (secondary N) is 1. The molecule has 1 saturated heterocycles. The normalized spacial score (nSPS) is 25.0. The highest BCUT2D eigenvalue weighted by Crippen LogP contribution is 2.31. The fourth-order valence-corrected chi connectivity index (χ4v) is 4.30. The molecule has 1 heterocycles. The van der Waals surface area contributed by atoms with Gasteiger partial charge in [-0.15, -0.1) is 0 Å². The lowest BCUT2D eigenvalue weighted by molar-refractivity contribution is -0.140. The van der Waals surface area contributed by atoms with Crippen LogP contribution in [0.2, 0.25) is 0 Å². The first-order valence-electron chi connectivity index (χ1n) is 10.4. The second-order valence-corrected chi connectivity index (χ2v) is 7.95. The summed E-state index contributed by atoms with van der Waals surface area (Å²) in [6, 6.07) is 10.1. The van der Waals surface area contributed by atoms with Crippen LogP contribution in [0, 0.1) is 11.8 Å². The monoisotopic (exact) mass is 371 g/mol. The minimum atomic E-state index is 0.0212. The Kier molecular flexibility index (Phi) is 6.89. The van der Waals surface area contributed by atoms with Crippen LogP contribution in [-0.2, 0) is 9.59 Å². The first-order valence-corrected chi connectivity index (χ1v) is 10.4. The van der Waals surface area contributed by atoms with Gasteiger partial charge in [-0.2, -0.15) is 0 Å². The molecular weight excluding hydrogens is 338 g/mol. The maximum absolute atomic E-state index is 12.8. The second-order valence-electron chi connectivity index (χ2n) is 7.95. The van der Waals surface area contributed by atoms with Gasteiger partial charge < -0.3 is 15.1 Å². The molecule has 1 aromatic rings. The van der Waals surface area contributed by atoms with Crippen LogP contribution in [0.4, 0.5) is 0 Å². The van der Waals surface area contributed by atoms with Crippen molar-refractivity contribution in [3.63, 3.8) is 0 Å². The summed E-state index contributed by atoms with van der Waals surface area (Å²) in [7, 11) is 0. The fraction of sp³-hybridized carbons (Fsp3) is 0.636. The van der Waals surface area contributed by atoms with Crippen LogP contribution in [0.15, 0.2) is 30.3 Å². The van der Waals surface area contributed by atoms with Crippen LogP contribution in [0.1, 0.15) is 51.1 Å². The van der Waals surface area contributed by atoms with Crippen molar-refractivity contribution in [3.8, 4) is 0 Å². The molecule has 3 rings (SSSR count). The van der Waals surface area contributed by atoms with E-state index in [4.69, 9.17) is 0 Å². The zero-order valence-electron chi connectivity index (χ0n) is 16.7. The van der Waals surface area contributed by atoms with Crippen molar-refractivity contribution in [2.75, 3.05) is 32.7 Å².